The standard InChI is InChI=1S/C27H40FN4O3Si.3C4H9.Sn/c1-9-36(10-2,11-3)35-23-12-19-15-31(16-22(23)32(19)26(33)34-27(6,7)8)25-20-13-29-14-21(28)24(20)17(4)18(5)30-25;3*1-3-4-2;/h13,19,22-23H,9-12,15-16H2,1-8H3;3*1,3-4H2,2H3;/t19-,22-,23-;;;;/m1..../s1. The normalized spacial score (nSPS) is 20.0. The molecule has 0 saturated carbocycles. The summed E-state index contributed by atoms with van der Waals surface area (Å²) in [7, 11) is -1.94. The van der Waals surface area contributed by atoms with Gasteiger partial charge in [0.05, 0.1) is 0 Å². The Morgan fingerprint density at radius 3 is 2.04 bits per heavy atom. The Kier molecular flexibility index (Phi) is 13.9. The van der Waals surface area contributed by atoms with Gasteiger partial charge in [0.25, 0.3) is 0 Å². The molecule has 2 aromatic rings. The van der Waals surface area contributed by atoms with E-state index in [0.29, 0.717) is 18.5 Å². The van der Waals surface area contributed by atoms with E-state index < -0.39 is 32.3 Å². The summed E-state index contributed by atoms with van der Waals surface area (Å²) >= 11 is -3.16. The fourth-order valence-electron chi connectivity index (χ4n) is 8.52. The van der Waals surface area contributed by atoms with Crippen LogP contribution < -0.4 is 8.61 Å². The number of ether oxygens (including phenoxy) is 1. The van der Waals surface area contributed by atoms with Gasteiger partial charge in [0.15, 0.2) is 0 Å². The molecule has 2 aliphatic heterocycles. The summed E-state index contributed by atoms with van der Waals surface area (Å²) < 4.78 is 34.8. The van der Waals surface area contributed by atoms with Crippen LogP contribution >= 0.6 is 0 Å². The molecule has 0 unspecified atom stereocenters. The molecule has 0 N–H and O–H groups in total. The zero-order valence-corrected chi connectivity index (χ0v) is 36.7. The van der Waals surface area contributed by atoms with E-state index in [-0.39, 0.29) is 30.1 Å². The summed E-state index contributed by atoms with van der Waals surface area (Å²) in [5, 5.41) is 1.51. The molecule has 3 atom stereocenters. The van der Waals surface area contributed by atoms with E-state index in [0.717, 1.165) is 89.2 Å². The molecule has 7 nitrogen and oxygen atoms in total. The van der Waals surface area contributed by atoms with Crippen molar-refractivity contribution in [2.24, 2.45) is 0 Å². The van der Waals surface area contributed by atoms with Crippen LogP contribution in [-0.4, -0.2) is 84.5 Å². The van der Waals surface area contributed by atoms with Gasteiger partial charge in [0, 0.05) is 0 Å². The van der Waals surface area contributed by atoms with E-state index in [1.54, 1.807) is 0 Å². The molecule has 4 rings (SSSR count). The fourth-order valence-corrected chi connectivity index (χ4v) is 27.1. The number of aromatic nitrogens is 2. The second-order valence-corrected chi connectivity index (χ2v) is 33.8. The Morgan fingerprint density at radius 2 is 1.53 bits per heavy atom. The number of amides is 1. The first-order valence-electron chi connectivity index (χ1n) is 19.6. The van der Waals surface area contributed by atoms with Gasteiger partial charge in [-0.05, 0) is 20.8 Å². The number of piperazine rings is 1. The average Bonchev–Trinajstić information content (AvgIpc) is 3.29. The van der Waals surface area contributed by atoms with Crippen LogP contribution in [0.15, 0.2) is 6.20 Å². The van der Waals surface area contributed by atoms with Crippen LogP contribution in [0.1, 0.15) is 119 Å². The van der Waals surface area contributed by atoms with Gasteiger partial charge in [-0.1, -0.05) is 20.8 Å². The minimum absolute atomic E-state index is 0.0568. The third kappa shape index (κ3) is 8.61. The molecule has 4 heterocycles. The van der Waals surface area contributed by atoms with Gasteiger partial charge in [-0.15, -0.1) is 0 Å². The molecule has 1 amide bonds. The SMILES string of the molecule is CCC[CH2][Sn]([CH2]CCC)([CH2]CCC)[c]1ncc2c(N3C[C@H]4C[C@@H](O[Si](CC)(CC)CC)[C@@H](C3)N4C(=O)OC(C)(C)C)nc(C)c(C)c2c1F. The van der Waals surface area contributed by atoms with Crippen LogP contribution in [0.3, 0.4) is 0 Å². The first-order chi connectivity index (χ1) is 23.2. The van der Waals surface area contributed by atoms with E-state index in [9.17, 15) is 4.79 Å². The molecule has 10 heteroatoms. The van der Waals surface area contributed by atoms with Crippen molar-refractivity contribution in [2.45, 2.75) is 176 Å². The number of nitrogens with zero attached hydrogens (tertiary/aromatic N) is 4. The van der Waals surface area contributed by atoms with Gasteiger partial charge in [-0.25, -0.2) is 0 Å². The molecule has 0 aliphatic carbocycles. The molecule has 2 aromatic heterocycles. The fraction of sp³-hybridized carbons (Fsp3) is 0.769. The first-order valence-corrected chi connectivity index (χ1v) is 29.6. The Balaban J connectivity index is 1.81. The Hall–Kier alpha value is -1.46. The monoisotopic (exact) mass is 806 g/mol. The number of pyridine rings is 2. The van der Waals surface area contributed by atoms with Crippen molar-refractivity contribution in [1.82, 2.24) is 14.9 Å². The van der Waals surface area contributed by atoms with Crippen molar-refractivity contribution >= 4 is 53.1 Å². The minimum atomic E-state index is -3.16. The van der Waals surface area contributed by atoms with E-state index in [4.69, 9.17) is 19.1 Å². The summed E-state index contributed by atoms with van der Waals surface area (Å²) in [6.45, 7) is 24.5. The second kappa shape index (κ2) is 16.9. The molecule has 0 radical (unpaired) electrons. The molecule has 2 fully saturated rings. The van der Waals surface area contributed by atoms with Crippen molar-refractivity contribution in [3.8, 4) is 0 Å². The topological polar surface area (TPSA) is 67.8 Å². The third-order valence-electron chi connectivity index (χ3n) is 11.7. The summed E-state index contributed by atoms with van der Waals surface area (Å²) in [4.78, 5) is 28.3. The summed E-state index contributed by atoms with van der Waals surface area (Å²) in [6.07, 6.45) is 9.32. The van der Waals surface area contributed by atoms with E-state index in [1.807, 2.05) is 45.7 Å². The molecule has 2 saturated heterocycles. The number of unbranched alkanes of at least 4 members (excludes halogenated alkanes) is 3. The Morgan fingerprint density at radius 1 is 0.959 bits per heavy atom. The third-order valence-corrected chi connectivity index (χ3v) is 31.5. The number of aryl methyl sites for hydroxylation is 2. The van der Waals surface area contributed by atoms with Crippen LogP contribution in [0.4, 0.5) is 15.0 Å². The predicted molar refractivity (Wildman–Crippen MR) is 208 cm³/mol. The molecular weight excluding hydrogens is 738 g/mol. The zero-order chi connectivity index (χ0) is 36.1. The van der Waals surface area contributed by atoms with Crippen LogP contribution in [-0.2, 0) is 9.16 Å². The number of hydrogen-bond acceptors (Lipinski definition) is 6. The van der Waals surface area contributed by atoms with E-state index in [2.05, 4.69) is 46.4 Å². The van der Waals surface area contributed by atoms with Gasteiger partial charge < -0.3 is 0 Å². The quantitative estimate of drug-likeness (QED) is 0.158. The zero-order valence-electron chi connectivity index (χ0n) is 32.8. The average molecular weight is 806 g/mol. The number of halogens is 1. The number of anilines is 1. The maximum absolute atomic E-state index is 17.3. The molecule has 49 heavy (non-hydrogen) atoms. The first kappa shape index (κ1) is 40.3. The molecule has 2 aliphatic rings. The Labute approximate surface area is 302 Å². The van der Waals surface area contributed by atoms with Gasteiger partial charge >= 0.3 is 262 Å². The van der Waals surface area contributed by atoms with Crippen molar-refractivity contribution in [1.29, 1.82) is 0 Å². The van der Waals surface area contributed by atoms with Gasteiger partial charge in [0.2, 0.25) is 0 Å². The van der Waals surface area contributed by atoms with Crippen LogP contribution in [0.25, 0.3) is 10.8 Å². The number of fused-ring (bicyclic) bond motifs is 3. The molecule has 2 bridgehead atoms. The number of hydrogen-bond donors (Lipinski definition) is 0. The van der Waals surface area contributed by atoms with Crippen molar-refractivity contribution < 1.29 is 18.3 Å². The molecule has 0 aromatic carbocycles. The van der Waals surface area contributed by atoms with Gasteiger partial charge in [0.1, 0.15) is 0 Å². The van der Waals surface area contributed by atoms with Gasteiger partial charge in [-0.2, -0.15) is 0 Å². The van der Waals surface area contributed by atoms with E-state index >= 15 is 4.39 Å². The summed E-state index contributed by atoms with van der Waals surface area (Å²) in [5.74, 6) is 0.721. The second-order valence-electron chi connectivity index (χ2n) is 16.1. The summed E-state index contributed by atoms with van der Waals surface area (Å²) in [6, 6.07) is 2.93. The molecular formula is C39H67FN4O3SiSn. The molecule has 0 spiro atoms. The van der Waals surface area contributed by atoms with E-state index in [1.165, 1.54) is 13.3 Å². The number of carbonyl (C=O) groups is 1. The summed E-state index contributed by atoms with van der Waals surface area (Å²) in [5.41, 5.74) is 1.19. The van der Waals surface area contributed by atoms with Gasteiger partial charge in [-0.3, -0.25) is 0 Å². The van der Waals surface area contributed by atoms with Crippen molar-refractivity contribution in [3.05, 3.63) is 23.3 Å². The van der Waals surface area contributed by atoms with Crippen LogP contribution in [0.5, 0.6) is 0 Å². The predicted octanol–water partition coefficient (Wildman–Crippen LogP) is 10.0. The van der Waals surface area contributed by atoms with Crippen LogP contribution in [0.2, 0.25) is 31.4 Å². The maximum atomic E-state index is 17.3. The number of carbonyl (C=O) groups excluding carboxylic acids is 1. The number of rotatable bonds is 16. The molecule has 276 valence electrons. The van der Waals surface area contributed by atoms with Crippen LogP contribution in [0, 0.1) is 19.7 Å². The van der Waals surface area contributed by atoms with Crippen molar-refractivity contribution in [3.63, 3.8) is 0 Å². The Bertz CT molecular complexity index is 1400. The van der Waals surface area contributed by atoms with Crippen molar-refractivity contribution in [2.75, 3.05) is 18.0 Å².